The lowest BCUT2D eigenvalue weighted by Crippen LogP contribution is -2.72. The third kappa shape index (κ3) is 9.99. The van der Waals surface area contributed by atoms with Crippen LogP contribution in [0.5, 0.6) is 17.2 Å². The predicted octanol–water partition coefficient (Wildman–Crippen LogP) is 9.58. The highest BCUT2D eigenvalue weighted by Gasteiger charge is 2.81. The topological polar surface area (TPSA) is 242 Å². The van der Waals surface area contributed by atoms with Crippen LogP contribution in [-0.4, -0.2) is 77.4 Å². The van der Waals surface area contributed by atoms with E-state index in [1.807, 2.05) is 65.5 Å². The number of unbranched alkanes of at least 4 members (excludes halogenated alkanes) is 2. The summed E-state index contributed by atoms with van der Waals surface area (Å²) in [4.78, 5) is 86.2. The highest BCUT2D eigenvalue weighted by molar-refractivity contribution is 7.66. The molecule has 3 heterocycles. The second-order valence-electron chi connectivity index (χ2n) is 19.1. The fraction of sp³-hybridized carbons (Fsp3) is 0.587. The first kappa shape index (κ1) is 51.9. The van der Waals surface area contributed by atoms with E-state index in [0.29, 0.717) is 37.1 Å². The number of allylic oxidation sites excluding steroid dienone is 5. The molecule has 20 heteroatoms. The summed E-state index contributed by atoms with van der Waals surface area (Å²) in [6.07, 6.45) is 15.0. The second-order valence-corrected chi connectivity index (χ2v) is 23.5. The number of fused-ring (bicyclic) bond motifs is 2. The van der Waals surface area contributed by atoms with E-state index >= 15 is 9.59 Å². The maximum atomic E-state index is 15.6. The van der Waals surface area contributed by atoms with Crippen molar-refractivity contribution < 1.29 is 75.0 Å². The molecule has 1 spiro atoms. The lowest BCUT2D eigenvalue weighted by atomic mass is 9.51. The van der Waals surface area contributed by atoms with Crippen molar-refractivity contribution in [2.24, 2.45) is 11.8 Å². The molecule has 1 aromatic rings. The van der Waals surface area contributed by atoms with E-state index < -0.39 is 74.8 Å². The molecule has 3 aliphatic carbocycles. The molecule has 17 nitrogen and oxygen atoms in total. The van der Waals surface area contributed by atoms with Gasteiger partial charge < -0.3 is 38.3 Å². The van der Waals surface area contributed by atoms with Crippen LogP contribution in [0.25, 0.3) is 6.08 Å². The minimum absolute atomic E-state index is 0.0166. The fourth-order valence-corrected chi connectivity index (χ4v) is 13.0. The third-order valence-electron chi connectivity index (χ3n) is 12.9. The van der Waals surface area contributed by atoms with Gasteiger partial charge in [0.1, 0.15) is 22.7 Å². The monoisotopic (exact) mass is 979 g/mol. The molecule has 7 unspecified atom stereocenters. The van der Waals surface area contributed by atoms with Crippen LogP contribution in [0.1, 0.15) is 142 Å². The number of amides is 1. The number of benzene rings is 1. The Balaban J connectivity index is 1.60. The van der Waals surface area contributed by atoms with Crippen LogP contribution < -0.4 is 14.0 Å². The number of phosphoric ester groups is 1. The summed E-state index contributed by atoms with van der Waals surface area (Å²) in [5, 5.41) is 0. The Hall–Kier alpha value is -3.46. The molecule has 1 amide bonds. The average molecular weight is 980 g/mol. The van der Waals surface area contributed by atoms with Crippen LogP contribution in [0.2, 0.25) is 0 Å². The number of rotatable bonds is 20. The van der Waals surface area contributed by atoms with Crippen molar-refractivity contribution >= 4 is 47.0 Å². The summed E-state index contributed by atoms with van der Waals surface area (Å²) in [5.41, 5.74) is -3.50. The smallest absolute Gasteiger partial charge is 0.482 e. The maximum Gasteiger partial charge on any atom is 0.536 e. The second kappa shape index (κ2) is 18.8. The molecular weight excluding hydrogens is 915 g/mol. The first-order valence-corrected chi connectivity index (χ1v) is 27.0. The van der Waals surface area contributed by atoms with Crippen LogP contribution in [0.15, 0.2) is 52.7 Å². The van der Waals surface area contributed by atoms with Crippen molar-refractivity contribution in [3.8, 4) is 17.2 Å². The Labute approximate surface area is 386 Å². The molecule has 364 valence electrons. The van der Waals surface area contributed by atoms with E-state index in [4.69, 9.17) is 18.7 Å². The van der Waals surface area contributed by atoms with Crippen molar-refractivity contribution in [2.45, 2.75) is 149 Å². The van der Waals surface area contributed by atoms with Gasteiger partial charge in [-0.05, 0) is 106 Å². The molecule has 1 saturated carbocycles. The van der Waals surface area contributed by atoms with Crippen molar-refractivity contribution in [3.63, 3.8) is 0 Å². The van der Waals surface area contributed by atoms with E-state index in [1.54, 1.807) is 19.1 Å². The van der Waals surface area contributed by atoms with E-state index in [0.717, 1.165) is 36.8 Å². The molecule has 4 N–H and O–H groups in total. The lowest BCUT2D eigenvalue weighted by molar-refractivity contribution is -0.171. The first-order chi connectivity index (χ1) is 30.6. The largest absolute Gasteiger partial charge is 0.536 e. The van der Waals surface area contributed by atoms with E-state index in [1.165, 1.54) is 12.2 Å². The molecular formula is C46H64NO16P3. The number of hydrogen-bond donors (Lipinski definition) is 4. The van der Waals surface area contributed by atoms with E-state index in [9.17, 15) is 38.1 Å². The van der Waals surface area contributed by atoms with Crippen LogP contribution in [0.4, 0.5) is 0 Å². The average Bonchev–Trinajstić information content (AvgIpc) is 3.34. The van der Waals surface area contributed by atoms with Crippen molar-refractivity contribution in [2.75, 3.05) is 13.1 Å². The summed E-state index contributed by atoms with van der Waals surface area (Å²) in [7, 11) is -17.7. The van der Waals surface area contributed by atoms with Gasteiger partial charge in [-0.1, -0.05) is 62.1 Å². The molecule has 66 heavy (non-hydrogen) atoms. The van der Waals surface area contributed by atoms with Crippen molar-refractivity contribution in [1.29, 1.82) is 0 Å². The molecule has 7 atom stereocenters. The van der Waals surface area contributed by atoms with Crippen LogP contribution in [-0.2, 0) is 43.1 Å². The molecule has 3 aliphatic heterocycles. The van der Waals surface area contributed by atoms with Gasteiger partial charge in [-0.2, -0.15) is 8.62 Å². The van der Waals surface area contributed by atoms with Gasteiger partial charge in [0.15, 0.2) is 28.5 Å². The SMILES string of the molecule is CCCCN(CCCC)C(=O)/C(C)=C\CC12OC(C)(C)C3CC(C=C4C(=O)c5c(OP(=O)(O)OP(=O)(O)OP(=O)(O)O)c6c(c(CC=C(C)C)c5OC431)OC(C)(CCC=C(C)C)C=C6)C2=O. The van der Waals surface area contributed by atoms with Crippen LogP contribution in [0.3, 0.4) is 0 Å². The summed E-state index contributed by atoms with van der Waals surface area (Å²) < 4.78 is 72.7. The zero-order valence-electron chi connectivity index (χ0n) is 39.4. The number of carbonyl (C=O) groups is 3. The van der Waals surface area contributed by atoms with Crippen molar-refractivity contribution in [1.82, 2.24) is 4.90 Å². The number of Topliss-reactive ketones (excluding diaryl/α,β-unsaturated/α-hetero) is 2. The minimum atomic E-state index is -6.01. The number of nitrogens with zero attached hydrogens (tertiary/aromatic N) is 1. The lowest BCUT2D eigenvalue weighted by Gasteiger charge is -2.56. The van der Waals surface area contributed by atoms with Crippen LogP contribution >= 0.6 is 23.5 Å². The van der Waals surface area contributed by atoms with Gasteiger partial charge in [-0.25, -0.2) is 13.7 Å². The van der Waals surface area contributed by atoms with Gasteiger partial charge in [0.25, 0.3) is 0 Å². The molecule has 6 aliphatic rings. The predicted molar refractivity (Wildman–Crippen MR) is 246 cm³/mol. The Morgan fingerprint density at radius 2 is 1.52 bits per heavy atom. The highest BCUT2D eigenvalue weighted by Crippen LogP contribution is 2.71. The molecule has 1 aromatic carbocycles. The van der Waals surface area contributed by atoms with Gasteiger partial charge in [-0.3, -0.25) is 19.3 Å². The third-order valence-corrected chi connectivity index (χ3v) is 16.7. The van der Waals surface area contributed by atoms with Crippen LogP contribution in [0, 0.1) is 11.8 Å². The molecule has 4 bridgehead atoms. The maximum absolute atomic E-state index is 15.6. The standard InChI is InChI=1S/C46H64NO16P3/c1-11-13-24-47(25-14-12-2)42(50)30(7)19-23-45-41(49)31-26-34-37(48)36-39(59-46(34,45)35(27-31)43(8,9)61-45)32(18-17-29(5)6)38-33(20-22-44(10,58-38)21-15-16-28(3)4)40(36)60-65(54,55)63-66(56,57)62-64(51,52)53/h16-17,19-20,22,26,31,35H,11-15,18,21,23-25,27H2,1-10H3,(H,54,55)(H,56,57)(H2,51,52,53)/b30-19-. The Morgan fingerprint density at radius 1 is 0.879 bits per heavy atom. The Bertz CT molecular complexity index is 2470. The summed E-state index contributed by atoms with van der Waals surface area (Å²) in [6.45, 7) is 20.1. The number of hydrogen-bond acceptors (Lipinski definition) is 12. The summed E-state index contributed by atoms with van der Waals surface area (Å²) >= 11 is 0. The first-order valence-electron chi connectivity index (χ1n) is 22.4. The zero-order valence-corrected chi connectivity index (χ0v) is 42.1. The molecule has 1 saturated heterocycles. The number of carbonyl (C=O) groups excluding carboxylic acids is 3. The van der Waals surface area contributed by atoms with Gasteiger partial charge in [-0.15, -0.1) is 0 Å². The fourth-order valence-electron chi connectivity index (χ4n) is 9.92. The molecule has 0 radical (unpaired) electrons. The van der Waals surface area contributed by atoms with Gasteiger partial charge >= 0.3 is 23.5 Å². The molecule has 0 aromatic heterocycles. The highest BCUT2D eigenvalue weighted by atomic mass is 31.3. The Kier molecular flexibility index (Phi) is 14.8. The number of phosphoric acid groups is 3. The van der Waals surface area contributed by atoms with Crippen molar-refractivity contribution in [3.05, 3.63) is 69.4 Å². The van der Waals surface area contributed by atoms with Gasteiger partial charge in [0.2, 0.25) is 5.91 Å². The normalized spacial score (nSPS) is 27.5. The quantitative estimate of drug-likeness (QED) is 0.0540. The zero-order chi connectivity index (χ0) is 49.0. The Morgan fingerprint density at radius 3 is 2.11 bits per heavy atom. The van der Waals surface area contributed by atoms with Gasteiger partial charge in [0.05, 0.1) is 11.2 Å². The van der Waals surface area contributed by atoms with E-state index in [2.05, 4.69) is 22.5 Å². The summed E-state index contributed by atoms with van der Waals surface area (Å²) in [5.74, 6) is -3.51. The van der Waals surface area contributed by atoms with Gasteiger partial charge in [0, 0.05) is 48.1 Å². The summed E-state index contributed by atoms with van der Waals surface area (Å²) in [6, 6.07) is 0. The number of ether oxygens (including phenoxy) is 3. The van der Waals surface area contributed by atoms with E-state index in [-0.39, 0.29) is 53.6 Å². The number of ketones is 2. The minimum Gasteiger partial charge on any atom is -0.482 e. The molecule has 2 fully saturated rings. The molecule has 7 rings (SSSR count).